The summed E-state index contributed by atoms with van der Waals surface area (Å²) in [6.45, 7) is 5.89. The van der Waals surface area contributed by atoms with Crippen LogP contribution in [0.1, 0.15) is 56.2 Å². The van der Waals surface area contributed by atoms with Gasteiger partial charge in [0.25, 0.3) is 0 Å². The zero-order chi connectivity index (χ0) is 19.8. The van der Waals surface area contributed by atoms with Gasteiger partial charge < -0.3 is 14.3 Å². The van der Waals surface area contributed by atoms with Crippen LogP contribution in [0.2, 0.25) is 0 Å². The van der Waals surface area contributed by atoms with E-state index >= 15 is 0 Å². The van der Waals surface area contributed by atoms with Crippen LogP contribution in [-0.4, -0.2) is 18.0 Å². The number of benzene rings is 1. The summed E-state index contributed by atoms with van der Waals surface area (Å²) in [6, 6.07) is 7.76. The predicted octanol–water partition coefficient (Wildman–Crippen LogP) is 4.58. The third kappa shape index (κ3) is 2.78. The summed E-state index contributed by atoms with van der Waals surface area (Å²) < 4.78 is 11.9. The lowest BCUT2D eigenvalue weighted by atomic mass is 9.69. The lowest BCUT2D eigenvalue weighted by Gasteiger charge is -2.37. The van der Waals surface area contributed by atoms with Crippen molar-refractivity contribution >= 4 is 5.78 Å². The molecule has 0 amide bonds. The maximum atomic E-state index is 13.0. The number of methoxy groups -OCH3 is 1. The van der Waals surface area contributed by atoms with Crippen LogP contribution in [0.5, 0.6) is 5.75 Å². The van der Waals surface area contributed by atoms with Crippen molar-refractivity contribution in [3.63, 3.8) is 0 Å². The molecular weight excluding hydrogens is 344 g/mol. The van der Waals surface area contributed by atoms with Crippen LogP contribution in [0.4, 0.5) is 0 Å². The first-order valence-electron chi connectivity index (χ1n) is 9.23. The van der Waals surface area contributed by atoms with Crippen LogP contribution in [0.15, 0.2) is 50.9 Å². The van der Waals surface area contributed by atoms with E-state index in [9.17, 15) is 14.7 Å². The van der Waals surface area contributed by atoms with Gasteiger partial charge in [0.2, 0.25) is 0 Å². The van der Waals surface area contributed by atoms with Crippen LogP contribution in [0.25, 0.3) is 11.3 Å². The summed E-state index contributed by atoms with van der Waals surface area (Å²) in [5, 5.41) is 9.51. The first kappa shape index (κ1) is 19.0. The molecule has 2 aromatic rings. The largest absolute Gasteiger partial charge is 0.508 e. The zero-order valence-corrected chi connectivity index (χ0v) is 16.1. The monoisotopic (exact) mass is 368 g/mol. The van der Waals surface area contributed by atoms with Gasteiger partial charge in [-0.2, -0.15) is 0 Å². The Labute approximate surface area is 158 Å². The number of fused-ring (bicyclic) bond motifs is 1. The number of carbonyl (C=O) groups excluding carboxylic acids is 1. The Balaban J connectivity index is 2.35. The summed E-state index contributed by atoms with van der Waals surface area (Å²) in [5.74, 6) is 1.16. The van der Waals surface area contributed by atoms with Gasteiger partial charge in [-0.1, -0.05) is 20.8 Å². The van der Waals surface area contributed by atoms with E-state index in [2.05, 4.69) is 0 Å². The van der Waals surface area contributed by atoms with Crippen molar-refractivity contribution in [3.8, 4) is 17.1 Å². The molecule has 1 aliphatic rings. The highest BCUT2D eigenvalue weighted by atomic mass is 16.5. The molecule has 5 nitrogen and oxygen atoms in total. The molecule has 27 heavy (non-hydrogen) atoms. The van der Waals surface area contributed by atoms with E-state index in [0.717, 1.165) is 0 Å². The second-order valence-corrected chi connectivity index (χ2v) is 6.71. The fourth-order valence-electron chi connectivity index (χ4n) is 3.99. The predicted molar refractivity (Wildman–Crippen MR) is 103 cm³/mol. The van der Waals surface area contributed by atoms with Gasteiger partial charge in [-0.3, -0.25) is 9.59 Å². The van der Waals surface area contributed by atoms with Gasteiger partial charge >= 0.3 is 0 Å². The highest BCUT2D eigenvalue weighted by molar-refractivity contribution is 6.11. The van der Waals surface area contributed by atoms with Crippen molar-refractivity contribution < 1.29 is 19.1 Å². The van der Waals surface area contributed by atoms with Gasteiger partial charge in [0.15, 0.2) is 11.2 Å². The lowest BCUT2D eigenvalue weighted by molar-refractivity contribution is 0.0975. The Bertz CT molecular complexity index is 959. The summed E-state index contributed by atoms with van der Waals surface area (Å²) in [4.78, 5) is 25.9. The minimum Gasteiger partial charge on any atom is -0.508 e. The third-order valence-corrected chi connectivity index (χ3v) is 5.51. The van der Waals surface area contributed by atoms with Crippen LogP contribution < -0.4 is 5.43 Å². The quantitative estimate of drug-likeness (QED) is 0.836. The molecule has 0 bridgehead atoms. The summed E-state index contributed by atoms with van der Waals surface area (Å²) >= 11 is 0. The fraction of sp³-hybridized carbons (Fsp3) is 0.364. The average Bonchev–Trinajstić information content (AvgIpc) is 2.68. The van der Waals surface area contributed by atoms with Gasteiger partial charge in [0.05, 0.1) is 12.5 Å². The van der Waals surface area contributed by atoms with Crippen molar-refractivity contribution in [2.75, 3.05) is 7.11 Å². The SMILES string of the molecule is CCC1=C(OC)C(CC)(CC)c2oc(-c3ccc(O)cc3)cc(=O)c2C1=O. The number of Topliss-reactive ketones (excluding diaryl/α,β-unsaturated/α-hetero) is 1. The van der Waals surface area contributed by atoms with Crippen LogP contribution in [0, 0.1) is 0 Å². The van der Waals surface area contributed by atoms with Crippen molar-refractivity contribution in [2.45, 2.75) is 45.4 Å². The maximum Gasteiger partial charge on any atom is 0.199 e. The number of rotatable bonds is 5. The molecule has 1 heterocycles. The van der Waals surface area contributed by atoms with Crippen molar-refractivity contribution in [3.05, 3.63) is 63.2 Å². The maximum absolute atomic E-state index is 13.0. The molecule has 0 saturated carbocycles. The third-order valence-electron chi connectivity index (χ3n) is 5.51. The number of allylic oxidation sites excluding steroid dienone is 2. The minimum absolute atomic E-state index is 0.110. The first-order valence-corrected chi connectivity index (χ1v) is 9.23. The molecule has 0 radical (unpaired) electrons. The van der Waals surface area contributed by atoms with Gasteiger partial charge in [-0.25, -0.2) is 0 Å². The van der Waals surface area contributed by atoms with Gasteiger partial charge in [-0.15, -0.1) is 0 Å². The summed E-state index contributed by atoms with van der Waals surface area (Å²) in [6.07, 6.45) is 1.76. The van der Waals surface area contributed by atoms with Crippen molar-refractivity contribution in [1.82, 2.24) is 0 Å². The molecule has 0 atom stereocenters. The number of hydrogen-bond acceptors (Lipinski definition) is 5. The lowest BCUT2D eigenvalue weighted by Crippen LogP contribution is -2.39. The molecule has 3 rings (SSSR count). The Hall–Kier alpha value is -2.82. The van der Waals surface area contributed by atoms with E-state index in [1.807, 2.05) is 20.8 Å². The molecule has 142 valence electrons. The Morgan fingerprint density at radius 3 is 2.22 bits per heavy atom. The zero-order valence-electron chi connectivity index (χ0n) is 16.1. The van der Waals surface area contributed by atoms with Crippen LogP contribution >= 0.6 is 0 Å². The number of aromatic hydroxyl groups is 1. The molecule has 0 aliphatic heterocycles. The number of phenols is 1. The Morgan fingerprint density at radius 2 is 1.70 bits per heavy atom. The van der Waals surface area contributed by atoms with Crippen molar-refractivity contribution in [2.24, 2.45) is 0 Å². The Kier molecular flexibility index (Phi) is 4.96. The number of carbonyl (C=O) groups is 1. The topological polar surface area (TPSA) is 76.7 Å². The van der Waals surface area contributed by atoms with E-state index in [1.165, 1.54) is 18.2 Å². The van der Waals surface area contributed by atoms with Crippen molar-refractivity contribution in [1.29, 1.82) is 0 Å². The Morgan fingerprint density at radius 1 is 1.07 bits per heavy atom. The first-order chi connectivity index (χ1) is 12.9. The summed E-state index contributed by atoms with van der Waals surface area (Å²) in [7, 11) is 1.56. The average molecular weight is 368 g/mol. The second kappa shape index (κ2) is 7.06. The van der Waals surface area contributed by atoms with Gasteiger partial charge in [-0.05, 0) is 43.5 Å². The molecule has 1 aliphatic carbocycles. The highest BCUT2D eigenvalue weighted by Gasteiger charge is 2.47. The number of phenolic OH excluding ortho intramolecular Hbond substituents is 1. The number of hydrogen-bond donors (Lipinski definition) is 1. The molecule has 0 unspecified atom stereocenters. The van der Waals surface area contributed by atoms with Gasteiger partial charge in [0, 0.05) is 17.2 Å². The van der Waals surface area contributed by atoms with Crippen LogP contribution in [-0.2, 0) is 10.2 Å². The van der Waals surface area contributed by atoms with Crippen LogP contribution in [0.3, 0.4) is 0 Å². The minimum atomic E-state index is -0.657. The standard InChI is InChI=1S/C22H24O5/c1-5-15-19(25)18-16(24)12-17(13-8-10-14(23)11-9-13)27-21(18)22(6-2,7-3)20(15)26-4/h8-12,23H,5-7H2,1-4H3. The molecular formula is C22H24O5. The molecule has 5 heteroatoms. The van der Waals surface area contributed by atoms with E-state index in [0.29, 0.717) is 47.7 Å². The molecule has 1 aromatic carbocycles. The van der Waals surface area contributed by atoms with Gasteiger partial charge in [0.1, 0.15) is 28.6 Å². The fourth-order valence-corrected chi connectivity index (χ4v) is 3.99. The number of ketones is 1. The number of ether oxygens (including phenoxy) is 1. The molecule has 0 fully saturated rings. The van der Waals surface area contributed by atoms with E-state index in [4.69, 9.17) is 9.15 Å². The molecule has 1 N–H and O–H groups in total. The second-order valence-electron chi connectivity index (χ2n) is 6.71. The smallest absolute Gasteiger partial charge is 0.199 e. The summed E-state index contributed by atoms with van der Waals surface area (Å²) in [5.41, 5.74) is 0.301. The van der Waals surface area contributed by atoms with E-state index in [1.54, 1.807) is 19.2 Å². The molecule has 1 aromatic heterocycles. The molecule has 0 spiro atoms. The molecule has 0 saturated heterocycles. The highest BCUT2D eigenvalue weighted by Crippen LogP contribution is 2.47. The van der Waals surface area contributed by atoms with E-state index < -0.39 is 5.41 Å². The normalized spacial score (nSPS) is 15.6. The van der Waals surface area contributed by atoms with E-state index in [-0.39, 0.29) is 22.5 Å².